The monoisotopic (exact) mass is 450 g/mol. The van der Waals surface area contributed by atoms with Crippen molar-refractivity contribution in [1.82, 2.24) is 0 Å². The number of sulfone groups is 1. The summed E-state index contributed by atoms with van der Waals surface area (Å²) in [5, 5.41) is 0. The number of hydrogen-bond acceptors (Lipinski definition) is 5. The lowest BCUT2D eigenvalue weighted by atomic mass is 9.97. The van der Waals surface area contributed by atoms with Gasteiger partial charge in [-0.1, -0.05) is 60.2 Å². The maximum absolute atomic E-state index is 13.2. The molecule has 0 saturated carbocycles. The van der Waals surface area contributed by atoms with E-state index in [0.717, 1.165) is 16.7 Å². The molecular weight excluding hydrogens is 424 g/mol. The highest BCUT2D eigenvalue weighted by Gasteiger charge is 2.27. The van der Waals surface area contributed by atoms with Crippen LogP contribution in [0, 0.1) is 20.8 Å². The predicted molar refractivity (Wildman–Crippen MR) is 123 cm³/mol. The van der Waals surface area contributed by atoms with E-state index in [2.05, 4.69) is 0 Å². The number of benzene rings is 3. The van der Waals surface area contributed by atoms with Gasteiger partial charge < -0.3 is 4.74 Å². The Morgan fingerprint density at radius 3 is 2.12 bits per heavy atom. The number of rotatable bonds is 8. The van der Waals surface area contributed by atoms with E-state index in [9.17, 15) is 18.0 Å². The fraction of sp³-hybridized carbons (Fsp3) is 0.231. The average Bonchev–Trinajstić information content (AvgIpc) is 2.78. The van der Waals surface area contributed by atoms with Gasteiger partial charge in [-0.15, -0.1) is 0 Å². The number of aryl methyl sites for hydroxylation is 3. The molecule has 0 aliphatic heterocycles. The summed E-state index contributed by atoms with van der Waals surface area (Å²) in [5.41, 5.74) is 3.92. The molecule has 3 aromatic rings. The molecule has 0 aromatic heterocycles. The molecule has 0 saturated heterocycles. The van der Waals surface area contributed by atoms with Gasteiger partial charge in [0.05, 0.1) is 17.1 Å². The molecule has 32 heavy (non-hydrogen) atoms. The number of hydrogen-bond donors (Lipinski definition) is 0. The third-order valence-corrected chi connectivity index (χ3v) is 7.07. The molecule has 0 N–H and O–H groups in total. The first-order valence-electron chi connectivity index (χ1n) is 10.3. The molecule has 6 heteroatoms. The van der Waals surface area contributed by atoms with Crippen LogP contribution in [0.15, 0.2) is 77.7 Å². The van der Waals surface area contributed by atoms with Crippen LogP contribution in [-0.2, 0) is 19.4 Å². The Labute approximate surface area is 189 Å². The fourth-order valence-corrected chi connectivity index (χ4v) is 4.44. The highest BCUT2D eigenvalue weighted by Crippen LogP contribution is 2.25. The molecule has 1 atom stereocenters. The molecule has 166 valence electrons. The van der Waals surface area contributed by atoms with Crippen molar-refractivity contribution in [2.75, 3.05) is 5.75 Å². The van der Waals surface area contributed by atoms with Crippen molar-refractivity contribution in [2.45, 2.75) is 38.2 Å². The van der Waals surface area contributed by atoms with E-state index >= 15 is 0 Å². The second kappa shape index (κ2) is 9.92. The van der Waals surface area contributed by atoms with Gasteiger partial charge in [0, 0.05) is 11.1 Å². The van der Waals surface area contributed by atoms with Gasteiger partial charge in [-0.05, 0) is 50.1 Å². The topological polar surface area (TPSA) is 77.5 Å². The Balaban J connectivity index is 1.77. The smallest absolute Gasteiger partial charge is 0.307 e. The van der Waals surface area contributed by atoms with Gasteiger partial charge in [-0.25, -0.2) is 8.42 Å². The largest absolute Gasteiger partial charge is 0.449 e. The Bertz CT molecular complexity index is 1210. The molecule has 0 spiro atoms. The van der Waals surface area contributed by atoms with Crippen molar-refractivity contribution in [2.24, 2.45) is 0 Å². The summed E-state index contributed by atoms with van der Waals surface area (Å²) >= 11 is 0. The van der Waals surface area contributed by atoms with E-state index in [1.54, 1.807) is 54.6 Å². The van der Waals surface area contributed by atoms with Gasteiger partial charge in [0.25, 0.3) is 0 Å². The van der Waals surface area contributed by atoms with Crippen molar-refractivity contribution in [1.29, 1.82) is 0 Å². The lowest BCUT2D eigenvalue weighted by molar-refractivity contribution is -0.146. The van der Waals surface area contributed by atoms with Gasteiger partial charge in [0.2, 0.25) is 5.78 Å². The quantitative estimate of drug-likeness (QED) is 0.359. The van der Waals surface area contributed by atoms with E-state index < -0.39 is 27.7 Å². The van der Waals surface area contributed by atoms with Gasteiger partial charge in [0.1, 0.15) is 0 Å². The fourth-order valence-electron chi connectivity index (χ4n) is 3.22. The first-order valence-corrected chi connectivity index (χ1v) is 12.0. The highest BCUT2D eigenvalue weighted by atomic mass is 32.2. The van der Waals surface area contributed by atoms with Crippen LogP contribution in [0.1, 0.15) is 45.1 Å². The van der Waals surface area contributed by atoms with E-state index in [1.165, 1.54) is 12.1 Å². The zero-order valence-electron chi connectivity index (χ0n) is 18.4. The van der Waals surface area contributed by atoms with Gasteiger partial charge in [0.15, 0.2) is 15.9 Å². The summed E-state index contributed by atoms with van der Waals surface area (Å²) in [6.07, 6.45) is -1.49. The van der Waals surface area contributed by atoms with Crippen LogP contribution in [0.3, 0.4) is 0 Å². The minimum absolute atomic E-state index is 0.154. The first kappa shape index (κ1) is 23.4. The van der Waals surface area contributed by atoms with Gasteiger partial charge in [-0.2, -0.15) is 0 Å². The number of Topliss-reactive ketones (excluding diaryl/α,β-unsaturated/α-hetero) is 1. The second-order valence-corrected chi connectivity index (χ2v) is 9.93. The molecule has 0 fully saturated rings. The lowest BCUT2D eigenvalue weighted by Gasteiger charge is -2.18. The minimum atomic E-state index is -3.64. The molecule has 0 unspecified atom stereocenters. The molecule has 3 aromatic carbocycles. The Kier molecular flexibility index (Phi) is 7.26. The Morgan fingerprint density at radius 1 is 0.844 bits per heavy atom. The third kappa shape index (κ3) is 5.71. The highest BCUT2D eigenvalue weighted by molar-refractivity contribution is 7.91. The van der Waals surface area contributed by atoms with Gasteiger partial charge >= 0.3 is 5.97 Å². The zero-order valence-corrected chi connectivity index (χ0v) is 19.2. The number of carbonyl (C=O) groups excluding carboxylic acids is 2. The Hall–Kier alpha value is -3.25. The molecule has 3 rings (SSSR count). The van der Waals surface area contributed by atoms with E-state index in [1.807, 2.05) is 26.8 Å². The molecule has 0 radical (unpaired) electrons. The number of ether oxygens (including phenoxy) is 1. The summed E-state index contributed by atoms with van der Waals surface area (Å²) in [4.78, 5) is 25.9. The van der Waals surface area contributed by atoms with Gasteiger partial charge in [-0.3, -0.25) is 9.59 Å². The number of esters is 1. The normalized spacial score (nSPS) is 12.2. The second-order valence-electron chi connectivity index (χ2n) is 7.83. The Morgan fingerprint density at radius 2 is 1.50 bits per heavy atom. The molecule has 0 amide bonds. The van der Waals surface area contributed by atoms with Crippen molar-refractivity contribution in [3.05, 3.63) is 101 Å². The van der Waals surface area contributed by atoms with E-state index in [4.69, 9.17) is 4.74 Å². The number of carbonyl (C=O) groups is 2. The number of ketones is 1. The van der Waals surface area contributed by atoms with Crippen LogP contribution >= 0.6 is 0 Å². The lowest BCUT2D eigenvalue weighted by Crippen LogP contribution is -2.22. The van der Waals surface area contributed by atoms with Crippen LogP contribution in [0.2, 0.25) is 0 Å². The maximum Gasteiger partial charge on any atom is 0.307 e. The van der Waals surface area contributed by atoms with Crippen molar-refractivity contribution >= 4 is 21.6 Å². The summed E-state index contributed by atoms with van der Waals surface area (Å²) in [5.74, 6) is -1.49. The van der Waals surface area contributed by atoms with E-state index in [-0.39, 0.29) is 17.1 Å². The van der Waals surface area contributed by atoms with Crippen molar-refractivity contribution in [3.63, 3.8) is 0 Å². The van der Waals surface area contributed by atoms with E-state index in [0.29, 0.717) is 11.1 Å². The average molecular weight is 451 g/mol. The predicted octanol–water partition coefficient (Wildman–Crippen LogP) is 4.94. The third-order valence-electron chi connectivity index (χ3n) is 5.34. The first-order chi connectivity index (χ1) is 15.2. The van der Waals surface area contributed by atoms with Crippen LogP contribution in [0.25, 0.3) is 0 Å². The summed E-state index contributed by atoms with van der Waals surface area (Å²) in [7, 11) is -3.64. The standard InChI is InChI=1S/C26H26O5S/c1-18-9-13-23(14-10-18)32(29,30)16-15-24(27)31-26(21-7-5-4-6-8-21)25(28)22-12-11-19(2)20(3)17-22/h4-14,17,26H,15-16H2,1-3H3/t26-/m1/s1. The summed E-state index contributed by atoms with van der Waals surface area (Å²) < 4.78 is 30.6. The maximum atomic E-state index is 13.2. The summed E-state index contributed by atoms with van der Waals surface area (Å²) in [6.45, 7) is 5.72. The van der Waals surface area contributed by atoms with Crippen LogP contribution < -0.4 is 0 Å². The van der Waals surface area contributed by atoms with Crippen molar-refractivity contribution in [3.8, 4) is 0 Å². The molecule has 0 aliphatic rings. The van der Waals surface area contributed by atoms with Crippen molar-refractivity contribution < 1.29 is 22.7 Å². The molecule has 5 nitrogen and oxygen atoms in total. The molecule has 0 bridgehead atoms. The molecule has 0 heterocycles. The minimum Gasteiger partial charge on any atom is -0.449 e. The van der Waals surface area contributed by atoms with Crippen LogP contribution in [-0.4, -0.2) is 25.9 Å². The van der Waals surface area contributed by atoms with Crippen LogP contribution in [0.4, 0.5) is 0 Å². The molecular formula is C26H26O5S. The zero-order chi connectivity index (χ0) is 23.3. The SMILES string of the molecule is Cc1ccc(S(=O)(=O)CCC(=O)O[C@@H](C(=O)c2ccc(C)c(C)c2)c2ccccc2)cc1. The molecule has 0 aliphatic carbocycles. The summed E-state index contributed by atoms with van der Waals surface area (Å²) in [6, 6.07) is 20.5. The van der Waals surface area contributed by atoms with Crippen LogP contribution in [0.5, 0.6) is 0 Å².